The first-order valence-electron chi connectivity index (χ1n) is 14.9. The second-order valence-electron chi connectivity index (χ2n) is 11.2. The average molecular weight is 731 g/mol. The van der Waals surface area contributed by atoms with E-state index in [2.05, 4.69) is 45.6 Å². The number of halogens is 2. The van der Waals surface area contributed by atoms with E-state index in [-0.39, 0.29) is 5.91 Å². The third-order valence-electron chi connectivity index (χ3n) is 7.86. The van der Waals surface area contributed by atoms with E-state index in [0.29, 0.717) is 55.7 Å². The average Bonchev–Trinajstić information content (AvgIpc) is 3.46. The van der Waals surface area contributed by atoms with Gasteiger partial charge in [-0.2, -0.15) is 4.98 Å². The maximum absolute atomic E-state index is 14.1. The number of carbonyl (C=O) groups is 1. The summed E-state index contributed by atoms with van der Waals surface area (Å²) in [5.74, 6) is 1.94. The van der Waals surface area contributed by atoms with E-state index in [1.165, 1.54) is 17.3 Å². The third kappa shape index (κ3) is 7.20. The number of amides is 1. The van der Waals surface area contributed by atoms with Crippen LogP contribution in [0.3, 0.4) is 0 Å². The highest BCUT2D eigenvalue weighted by Crippen LogP contribution is 2.44. The highest BCUT2D eigenvalue weighted by atomic mass is 79.9. The number of aryl methyl sites for hydroxylation is 2. The fourth-order valence-corrected chi connectivity index (χ4v) is 7.02. The number of thioether (sulfide) groups is 1. The Bertz CT molecular complexity index is 1980. The van der Waals surface area contributed by atoms with Gasteiger partial charge in [0.25, 0.3) is 5.91 Å². The summed E-state index contributed by atoms with van der Waals surface area (Å²) in [5.41, 5.74) is 6.82. The number of methoxy groups -OCH3 is 1. The van der Waals surface area contributed by atoms with Crippen LogP contribution in [0, 0.1) is 13.8 Å². The van der Waals surface area contributed by atoms with Crippen LogP contribution in [0.2, 0.25) is 5.02 Å². The van der Waals surface area contributed by atoms with Crippen LogP contribution in [0.15, 0.2) is 106 Å². The molecule has 2 heterocycles. The Morgan fingerprint density at radius 3 is 2.53 bits per heavy atom. The van der Waals surface area contributed by atoms with Crippen molar-refractivity contribution in [3.05, 3.63) is 134 Å². The number of anilines is 2. The Labute approximate surface area is 291 Å². The molecule has 47 heavy (non-hydrogen) atoms. The predicted molar refractivity (Wildman–Crippen MR) is 192 cm³/mol. The fraction of sp³-hybridized carbons (Fsp3) is 0.194. The largest absolute Gasteiger partial charge is 0.493 e. The van der Waals surface area contributed by atoms with Crippen LogP contribution in [-0.2, 0) is 17.2 Å². The minimum atomic E-state index is -0.631. The van der Waals surface area contributed by atoms with Crippen molar-refractivity contribution in [2.75, 3.05) is 17.7 Å². The molecular formula is C36H33BrClN5O3S. The molecule has 0 radical (unpaired) electrons. The smallest absolute Gasteiger partial charge is 0.255 e. The van der Waals surface area contributed by atoms with Crippen molar-refractivity contribution >= 4 is 56.8 Å². The van der Waals surface area contributed by atoms with Gasteiger partial charge in [-0.15, -0.1) is 5.10 Å². The van der Waals surface area contributed by atoms with Gasteiger partial charge in [0.15, 0.2) is 11.5 Å². The Balaban J connectivity index is 1.38. The molecular weight excluding hydrogens is 698 g/mol. The van der Waals surface area contributed by atoms with Gasteiger partial charge in [0, 0.05) is 22.2 Å². The molecule has 2 N–H and O–H groups in total. The van der Waals surface area contributed by atoms with Crippen molar-refractivity contribution in [1.29, 1.82) is 0 Å². The van der Waals surface area contributed by atoms with Crippen LogP contribution in [-0.4, -0.2) is 27.8 Å². The van der Waals surface area contributed by atoms with Crippen LogP contribution in [0.5, 0.6) is 11.5 Å². The zero-order chi connectivity index (χ0) is 33.1. The summed E-state index contributed by atoms with van der Waals surface area (Å²) in [6.45, 7) is 6.25. The van der Waals surface area contributed by atoms with E-state index in [9.17, 15) is 4.79 Å². The monoisotopic (exact) mass is 729 g/mol. The Morgan fingerprint density at radius 1 is 1.04 bits per heavy atom. The minimum absolute atomic E-state index is 0.254. The quantitative estimate of drug-likeness (QED) is 0.139. The number of rotatable bonds is 10. The van der Waals surface area contributed by atoms with E-state index < -0.39 is 6.04 Å². The lowest BCUT2D eigenvalue weighted by molar-refractivity contribution is -0.113. The van der Waals surface area contributed by atoms with E-state index in [1.807, 2.05) is 86.6 Å². The van der Waals surface area contributed by atoms with Crippen molar-refractivity contribution in [1.82, 2.24) is 14.8 Å². The highest BCUT2D eigenvalue weighted by Gasteiger charge is 2.35. The lowest BCUT2D eigenvalue weighted by Crippen LogP contribution is -2.31. The second-order valence-corrected chi connectivity index (χ2v) is 13.4. The first-order chi connectivity index (χ1) is 22.7. The number of hydrogen-bond donors (Lipinski definition) is 2. The molecule has 8 nitrogen and oxygen atoms in total. The molecule has 0 aliphatic carbocycles. The molecule has 1 atom stereocenters. The summed E-state index contributed by atoms with van der Waals surface area (Å²) in [7, 11) is 1.60. The van der Waals surface area contributed by atoms with E-state index in [0.717, 1.165) is 27.9 Å². The van der Waals surface area contributed by atoms with E-state index in [1.54, 1.807) is 11.8 Å². The standard InChI is InChI=1S/C36H33BrClN5O3S/c1-21-13-15-24(16-14-21)19-46-33-27(37)17-26(18-30(33)45-4)32-31(34(44)40-29-12-8-5-9-22(29)2)23(3)39-35-41-36(42-43(32)35)47-20-25-10-6-7-11-28(25)38/h5-18,32H,19-20H2,1-4H3,(H,40,44)(H,39,41,42). The SMILES string of the molecule is COc1cc(C2C(C(=O)Nc3ccccc3C)=C(C)Nc3nc(SCc4ccccc4Cl)nn32)cc(Br)c1OCc1ccc(C)cc1. The van der Waals surface area contributed by atoms with Crippen molar-refractivity contribution < 1.29 is 14.3 Å². The molecule has 1 amide bonds. The van der Waals surface area contributed by atoms with Gasteiger partial charge in [-0.3, -0.25) is 4.79 Å². The highest BCUT2D eigenvalue weighted by molar-refractivity contribution is 9.10. The number of benzene rings is 4. The van der Waals surface area contributed by atoms with Gasteiger partial charge in [-0.05, 0) is 83.2 Å². The summed E-state index contributed by atoms with van der Waals surface area (Å²) in [6.07, 6.45) is 0. The summed E-state index contributed by atoms with van der Waals surface area (Å²) < 4.78 is 14.5. The van der Waals surface area contributed by atoms with Gasteiger partial charge in [0.1, 0.15) is 12.6 Å². The molecule has 4 aromatic carbocycles. The number of nitrogens with zero attached hydrogens (tertiary/aromatic N) is 3. The lowest BCUT2D eigenvalue weighted by atomic mass is 9.94. The molecule has 0 fully saturated rings. The molecule has 0 bridgehead atoms. The predicted octanol–water partition coefficient (Wildman–Crippen LogP) is 9.12. The third-order valence-corrected chi connectivity index (χ3v) is 9.70. The number of nitrogens with one attached hydrogen (secondary N) is 2. The molecule has 1 aliphatic rings. The van der Waals surface area contributed by atoms with Crippen LogP contribution in [0.4, 0.5) is 11.6 Å². The van der Waals surface area contributed by atoms with Gasteiger partial charge in [0.2, 0.25) is 11.1 Å². The van der Waals surface area contributed by atoms with Crippen molar-refractivity contribution in [2.45, 2.75) is 44.3 Å². The van der Waals surface area contributed by atoms with Gasteiger partial charge >= 0.3 is 0 Å². The van der Waals surface area contributed by atoms with Crippen molar-refractivity contribution in [3.63, 3.8) is 0 Å². The summed E-state index contributed by atoms with van der Waals surface area (Å²) in [4.78, 5) is 18.9. The summed E-state index contributed by atoms with van der Waals surface area (Å²) in [6, 6.07) is 26.8. The first kappa shape index (κ1) is 32.7. The first-order valence-corrected chi connectivity index (χ1v) is 17.1. The van der Waals surface area contributed by atoms with E-state index >= 15 is 0 Å². The van der Waals surface area contributed by atoms with Gasteiger partial charge in [0.05, 0.1) is 17.2 Å². The minimum Gasteiger partial charge on any atom is -0.493 e. The Hall–Kier alpha value is -4.25. The number of para-hydroxylation sites is 1. The van der Waals surface area contributed by atoms with Gasteiger partial charge < -0.3 is 20.1 Å². The van der Waals surface area contributed by atoms with Crippen LogP contribution in [0.25, 0.3) is 0 Å². The zero-order valence-corrected chi connectivity index (χ0v) is 29.5. The molecule has 0 saturated carbocycles. The molecule has 11 heteroatoms. The maximum Gasteiger partial charge on any atom is 0.255 e. The number of fused-ring (bicyclic) bond motifs is 1. The van der Waals surface area contributed by atoms with E-state index in [4.69, 9.17) is 31.2 Å². The Morgan fingerprint density at radius 2 is 1.79 bits per heavy atom. The summed E-state index contributed by atoms with van der Waals surface area (Å²) >= 11 is 11.6. The molecule has 1 aromatic heterocycles. The number of hydrogen-bond acceptors (Lipinski definition) is 7. The number of carbonyl (C=O) groups excluding carboxylic acids is 1. The molecule has 0 spiro atoms. The maximum atomic E-state index is 14.1. The Kier molecular flexibility index (Phi) is 9.91. The molecule has 0 saturated heterocycles. The van der Waals surface area contributed by atoms with Crippen molar-refractivity contribution in [2.24, 2.45) is 0 Å². The topological polar surface area (TPSA) is 90.3 Å². The lowest BCUT2D eigenvalue weighted by Gasteiger charge is -2.29. The van der Waals surface area contributed by atoms with Gasteiger partial charge in [-0.25, -0.2) is 4.68 Å². The molecule has 1 unspecified atom stereocenters. The molecule has 240 valence electrons. The van der Waals surface area contributed by atoms with Crippen LogP contribution < -0.4 is 20.1 Å². The van der Waals surface area contributed by atoms with Crippen LogP contribution >= 0.6 is 39.3 Å². The number of allylic oxidation sites excluding steroid dienone is 1. The summed E-state index contributed by atoms with van der Waals surface area (Å²) in [5, 5.41) is 12.6. The van der Waals surface area contributed by atoms with Gasteiger partial charge in [-0.1, -0.05) is 89.6 Å². The second kappa shape index (κ2) is 14.3. The zero-order valence-electron chi connectivity index (χ0n) is 26.3. The molecule has 1 aliphatic heterocycles. The fourth-order valence-electron chi connectivity index (χ4n) is 5.33. The van der Waals surface area contributed by atoms with Crippen LogP contribution in [0.1, 0.15) is 40.8 Å². The molecule has 6 rings (SSSR count). The number of ether oxygens (including phenoxy) is 2. The normalized spacial score (nSPS) is 14.0. The number of aromatic nitrogens is 3. The van der Waals surface area contributed by atoms with Crippen molar-refractivity contribution in [3.8, 4) is 11.5 Å². The molecule has 5 aromatic rings.